The van der Waals surface area contributed by atoms with Crippen molar-refractivity contribution in [2.75, 3.05) is 12.4 Å². The van der Waals surface area contributed by atoms with Crippen molar-refractivity contribution in [3.63, 3.8) is 0 Å². The number of thiophene rings is 1. The number of hydrogen-bond donors (Lipinski definition) is 1. The van der Waals surface area contributed by atoms with Crippen LogP contribution in [-0.4, -0.2) is 28.5 Å². The Bertz CT molecular complexity index is 1230. The summed E-state index contributed by atoms with van der Waals surface area (Å²) in [5, 5.41) is 5.60. The lowest BCUT2D eigenvalue weighted by Crippen LogP contribution is -2.23. The Hall–Kier alpha value is -3.32. The first-order chi connectivity index (χ1) is 15.7. The summed E-state index contributed by atoms with van der Waals surface area (Å²) in [6.07, 6.45) is 8.18. The molecule has 0 spiro atoms. The van der Waals surface area contributed by atoms with Gasteiger partial charge in [-0.3, -0.25) is 4.40 Å². The minimum atomic E-state index is -0.390. The lowest BCUT2D eigenvalue weighted by molar-refractivity contribution is 0.0735. The van der Waals surface area contributed by atoms with Gasteiger partial charge in [0.15, 0.2) is 11.5 Å². The molecule has 1 aliphatic rings. The molecule has 5 rings (SSSR count). The fraction of sp³-hybridized carbons (Fsp3) is 0.280. The highest BCUT2D eigenvalue weighted by Gasteiger charge is 2.21. The van der Waals surface area contributed by atoms with E-state index >= 15 is 0 Å². The molecule has 1 aromatic carbocycles. The summed E-state index contributed by atoms with van der Waals surface area (Å²) in [6, 6.07) is 15.6. The van der Waals surface area contributed by atoms with E-state index in [0.717, 1.165) is 22.7 Å². The Kier molecular flexibility index (Phi) is 5.81. The van der Waals surface area contributed by atoms with Crippen molar-refractivity contribution in [1.82, 2.24) is 9.38 Å². The van der Waals surface area contributed by atoms with Gasteiger partial charge < -0.3 is 14.8 Å². The number of carbonyl (C=O) groups is 1. The molecule has 0 amide bonds. The highest BCUT2D eigenvalue weighted by molar-refractivity contribution is 7.12. The predicted octanol–water partition coefficient (Wildman–Crippen LogP) is 6.04. The molecule has 1 aliphatic carbocycles. The number of anilines is 1. The van der Waals surface area contributed by atoms with Crippen LogP contribution in [0.3, 0.4) is 0 Å². The molecule has 4 aromatic rings. The number of nitrogens with zero attached hydrogens (tertiary/aromatic N) is 2. The zero-order valence-corrected chi connectivity index (χ0v) is 18.7. The van der Waals surface area contributed by atoms with E-state index in [1.165, 1.54) is 43.4 Å². The molecule has 0 saturated heterocycles. The summed E-state index contributed by atoms with van der Waals surface area (Å²) in [5.74, 6) is 1.48. The highest BCUT2D eigenvalue weighted by Crippen LogP contribution is 2.37. The summed E-state index contributed by atoms with van der Waals surface area (Å²) in [4.78, 5) is 17.8. The third-order valence-corrected chi connectivity index (χ3v) is 6.69. The molecule has 6 nitrogen and oxygen atoms in total. The fourth-order valence-corrected chi connectivity index (χ4v) is 4.82. The minimum absolute atomic E-state index is 0.389. The molecule has 0 atom stereocenters. The van der Waals surface area contributed by atoms with Crippen LogP contribution in [0.2, 0.25) is 0 Å². The van der Waals surface area contributed by atoms with E-state index in [0.29, 0.717) is 22.4 Å². The van der Waals surface area contributed by atoms with E-state index in [4.69, 9.17) is 14.5 Å². The van der Waals surface area contributed by atoms with Crippen LogP contribution >= 0.6 is 11.3 Å². The molecular formula is C25H25N3O3S. The summed E-state index contributed by atoms with van der Waals surface area (Å²) in [6.45, 7) is 0. The number of carbonyl (C=O) groups excluding carboxylic acids is 1. The number of hydrogen-bond acceptors (Lipinski definition) is 6. The molecule has 0 aliphatic heterocycles. The molecule has 0 bridgehead atoms. The second kappa shape index (κ2) is 9.04. The third kappa shape index (κ3) is 4.08. The molecular weight excluding hydrogens is 422 g/mol. The summed E-state index contributed by atoms with van der Waals surface area (Å²) < 4.78 is 13.2. The quantitative estimate of drug-likeness (QED) is 0.289. The molecule has 1 fully saturated rings. The molecule has 32 heavy (non-hydrogen) atoms. The topological polar surface area (TPSA) is 64.9 Å². The van der Waals surface area contributed by atoms with E-state index in [2.05, 4.69) is 9.72 Å². The number of imidazole rings is 1. The molecule has 1 saturated carbocycles. The van der Waals surface area contributed by atoms with Crippen LogP contribution in [0.5, 0.6) is 11.5 Å². The number of rotatable bonds is 6. The van der Waals surface area contributed by atoms with Crippen molar-refractivity contribution in [1.29, 1.82) is 0 Å². The average molecular weight is 448 g/mol. The Morgan fingerprint density at radius 2 is 1.97 bits per heavy atom. The minimum Gasteiger partial charge on any atom is -0.493 e. The monoisotopic (exact) mass is 447 g/mol. The van der Waals surface area contributed by atoms with Gasteiger partial charge >= 0.3 is 5.97 Å². The Morgan fingerprint density at radius 1 is 1.09 bits per heavy atom. The van der Waals surface area contributed by atoms with Gasteiger partial charge in [0.05, 0.1) is 7.11 Å². The molecule has 3 heterocycles. The van der Waals surface area contributed by atoms with Crippen LogP contribution in [0.25, 0.3) is 16.9 Å². The molecule has 0 unspecified atom stereocenters. The first-order valence-electron chi connectivity index (χ1n) is 10.9. The van der Waals surface area contributed by atoms with Gasteiger partial charge in [0.25, 0.3) is 0 Å². The van der Waals surface area contributed by atoms with E-state index in [9.17, 15) is 4.79 Å². The summed E-state index contributed by atoms with van der Waals surface area (Å²) in [7, 11) is 1.58. The maximum atomic E-state index is 12.4. The van der Waals surface area contributed by atoms with Crippen molar-refractivity contribution in [2.45, 2.75) is 38.1 Å². The van der Waals surface area contributed by atoms with Gasteiger partial charge in [0.2, 0.25) is 0 Å². The number of esters is 1. The highest BCUT2D eigenvalue weighted by atomic mass is 32.1. The average Bonchev–Trinajstić information content (AvgIpc) is 3.49. The number of nitrogens with one attached hydrogen (secondary N) is 1. The van der Waals surface area contributed by atoms with Gasteiger partial charge in [-0.1, -0.05) is 31.4 Å². The van der Waals surface area contributed by atoms with Gasteiger partial charge in [-0.2, -0.15) is 0 Å². The van der Waals surface area contributed by atoms with Crippen LogP contribution < -0.4 is 14.8 Å². The zero-order chi connectivity index (χ0) is 21.9. The van der Waals surface area contributed by atoms with Crippen molar-refractivity contribution in [3.05, 3.63) is 65.0 Å². The smallest absolute Gasteiger partial charge is 0.353 e. The summed E-state index contributed by atoms with van der Waals surface area (Å²) in [5.41, 5.74) is 2.64. The Balaban J connectivity index is 1.50. The van der Waals surface area contributed by atoms with E-state index in [1.54, 1.807) is 19.2 Å². The van der Waals surface area contributed by atoms with Gasteiger partial charge in [0, 0.05) is 17.8 Å². The first-order valence-corrected chi connectivity index (χ1v) is 11.8. The molecule has 1 N–H and O–H groups in total. The van der Waals surface area contributed by atoms with Crippen LogP contribution in [0.4, 0.5) is 5.82 Å². The van der Waals surface area contributed by atoms with Crippen molar-refractivity contribution >= 4 is 28.8 Å². The largest absolute Gasteiger partial charge is 0.493 e. The molecule has 0 radical (unpaired) electrons. The molecule has 7 heteroatoms. The number of ether oxygens (including phenoxy) is 2. The third-order valence-electron chi connectivity index (χ3n) is 5.84. The Morgan fingerprint density at radius 3 is 2.75 bits per heavy atom. The van der Waals surface area contributed by atoms with Crippen molar-refractivity contribution < 1.29 is 14.3 Å². The lowest BCUT2D eigenvalue weighted by atomic mass is 9.95. The van der Waals surface area contributed by atoms with Crippen LogP contribution in [0, 0.1) is 0 Å². The second-order valence-corrected chi connectivity index (χ2v) is 8.90. The van der Waals surface area contributed by atoms with Gasteiger partial charge in [-0.05, 0) is 54.6 Å². The number of fused-ring (bicyclic) bond motifs is 1. The number of methoxy groups -OCH3 is 1. The number of benzene rings is 1. The van der Waals surface area contributed by atoms with Crippen molar-refractivity contribution in [3.8, 4) is 22.8 Å². The second-order valence-electron chi connectivity index (χ2n) is 7.95. The maximum Gasteiger partial charge on any atom is 0.353 e. The Labute approximate surface area is 190 Å². The first kappa shape index (κ1) is 20.6. The van der Waals surface area contributed by atoms with E-state index in [-0.39, 0.29) is 0 Å². The fourth-order valence-electron chi connectivity index (χ4n) is 4.22. The molecule has 3 aromatic heterocycles. The number of aromatic nitrogens is 2. The van der Waals surface area contributed by atoms with Crippen molar-refractivity contribution in [2.24, 2.45) is 0 Å². The zero-order valence-electron chi connectivity index (χ0n) is 17.9. The normalized spacial score (nSPS) is 14.4. The van der Waals surface area contributed by atoms with E-state index < -0.39 is 5.97 Å². The van der Waals surface area contributed by atoms with Gasteiger partial charge in [-0.15, -0.1) is 11.3 Å². The summed E-state index contributed by atoms with van der Waals surface area (Å²) >= 11 is 1.35. The van der Waals surface area contributed by atoms with Crippen LogP contribution in [0.1, 0.15) is 41.8 Å². The van der Waals surface area contributed by atoms with Gasteiger partial charge in [0.1, 0.15) is 22.0 Å². The number of pyridine rings is 1. The van der Waals surface area contributed by atoms with Crippen LogP contribution in [0.15, 0.2) is 60.1 Å². The van der Waals surface area contributed by atoms with E-state index in [1.807, 2.05) is 48.0 Å². The lowest BCUT2D eigenvalue weighted by Gasteiger charge is -2.24. The van der Waals surface area contributed by atoms with Gasteiger partial charge in [-0.25, -0.2) is 9.78 Å². The maximum absolute atomic E-state index is 12.4. The standard InChI is InChI=1S/C25H25N3O3S/c1-30-20-16-17(12-13-19(20)31-25(29)21-10-7-15-32-21)23-24(26-18-8-3-2-4-9-18)28-14-6-5-11-22(28)27-23/h5-7,10-16,18,26H,2-4,8-9H2,1H3. The van der Waals surface area contributed by atoms with Crippen LogP contribution in [-0.2, 0) is 0 Å². The molecule has 164 valence electrons. The predicted molar refractivity (Wildman–Crippen MR) is 127 cm³/mol. The SMILES string of the molecule is COc1cc(-c2nc3ccccn3c2NC2CCCCC2)ccc1OC(=O)c1cccs1.